The Kier molecular flexibility index (Phi) is 5.73. The lowest BCUT2D eigenvalue weighted by molar-refractivity contribution is 0.0609. The highest BCUT2D eigenvalue weighted by Gasteiger charge is 2.34. The van der Waals surface area contributed by atoms with Crippen LogP contribution in [0.3, 0.4) is 0 Å². The lowest BCUT2D eigenvalue weighted by atomic mass is 9.93. The summed E-state index contributed by atoms with van der Waals surface area (Å²) in [7, 11) is 0. The highest BCUT2D eigenvalue weighted by Crippen LogP contribution is 2.31. The third-order valence-electron chi connectivity index (χ3n) is 6.20. The zero-order chi connectivity index (χ0) is 19.6. The van der Waals surface area contributed by atoms with Gasteiger partial charge < -0.3 is 0 Å². The molecule has 1 saturated heterocycles. The number of tetrazole rings is 1. The molecule has 0 aromatic carbocycles. The van der Waals surface area contributed by atoms with E-state index < -0.39 is 0 Å². The summed E-state index contributed by atoms with van der Waals surface area (Å²) in [6, 6.07) is 5.04. The Morgan fingerprint density at radius 3 is 2.29 bits per heavy atom. The minimum absolute atomic E-state index is 0.0609. The molecule has 1 aliphatic carbocycles. The number of piperazine rings is 1. The van der Waals surface area contributed by atoms with Gasteiger partial charge in [-0.15, -0.1) is 5.10 Å². The van der Waals surface area contributed by atoms with E-state index in [1.165, 1.54) is 37.7 Å². The quantitative estimate of drug-likeness (QED) is 0.809. The summed E-state index contributed by atoms with van der Waals surface area (Å²) >= 11 is 0. The van der Waals surface area contributed by atoms with E-state index in [-0.39, 0.29) is 11.6 Å². The van der Waals surface area contributed by atoms with E-state index in [2.05, 4.69) is 63.2 Å². The van der Waals surface area contributed by atoms with Crippen LogP contribution in [-0.2, 0) is 5.54 Å². The molecule has 0 amide bonds. The molecule has 2 aromatic rings. The molecule has 1 saturated carbocycles. The Bertz CT molecular complexity index is 738. The summed E-state index contributed by atoms with van der Waals surface area (Å²) in [6.07, 6.45) is 10.7. The molecule has 0 spiro atoms. The fourth-order valence-corrected chi connectivity index (χ4v) is 4.72. The lowest BCUT2D eigenvalue weighted by Crippen LogP contribution is -2.52. The van der Waals surface area contributed by atoms with Crippen molar-refractivity contribution in [1.82, 2.24) is 35.0 Å². The average Bonchev–Trinajstić information content (AvgIpc) is 3.20. The minimum Gasteiger partial charge on any atom is -0.298 e. The van der Waals surface area contributed by atoms with Gasteiger partial charge >= 0.3 is 0 Å². The van der Waals surface area contributed by atoms with Gasteiger partial charge in [0.15, 0.2) is 5.82 Å². The number of aromatic nitrogens is 5. The van der Waals surface area contributed by atoms with E-state index in [9.17, 15) is 0 Å². The zero-order valence-electron chi connectivity index (χ0n) is 17.5. The van der Waals surface area contributed by atoms with Crippen LogP contribution in [0.5, 0.6) is 0 Å². The second kappa shape index (κ2) is 8.25. The standard InChI is InChI=1S/C21H33N7/c1-21(2,3)28-20(23-24-25-28)19(17-9-11-22-12-10-17)27-15-13-26(14-16-27)18-7-5-4-6-8-18/h9-12,18-19H,4-8,13-16H2,1-3H3/t19-/m1/s1. The predicted molar refractivity (Wildman–Crippen MR) is 109 cm³/mol. The van der Waals surface area contributed by atoms with E-state index in [1.807, 2.05) is 17.1 Å². The van der Waals surface area contributed by atoms with Crippen molar-refractivity contribution in [2.45, 2.75) is 70.5 Å². The summed E-state index contributed by atoms with van der Waals surface area (Å²) in [5.74, 6) is 0.921. The van der Waals surface area contributed by atoms with Gasteiger partial charge in [-0.25, -0.2) is 4.68 Å². The van der Waals surface area contributed by atoms with E-state index in [1.54, 1.807) is 0 Å². The second-order valence-corrected chi connectivity index (χ2v) is 9.17. The molecule has 152 valence electrons. The van der Waals surface area contributed by atoms with Crippen LogP contribution < -0.4 is 0 Å². The molecular formula is C21H33N7. The first-order chi connectivity index (χ1) is 13.5. The van der Waals surface area contributed by atoms with Gasteiger partial charge in [-0.3, -0.25) is 14.8 Å². The largest absolute Gasteiger partial charge is 0.298 e. The Morgan fingerprint density at radius 1 is 0.964 bits per heavy atom. The molecule has 7 nitrogen and oxygen atoms in total. The van der Waals surface area contributed by atoms with Crippen molar-refractivity contribution in [3.63, 3.8) is 0 Å². The fraction of sp³-hybridized carbons (Fsp3) is 0.714. The van der Waals surface area contributed by atoms with Crippen LogP contribution in [0.25, 0.3) is 0 Å². The van der Waals surface area contributed by atoms with Crippen LogP contribution in [0.2, 0.25) is 0 Å². The maximum atomic E-state index is 4.47. The highest BCUT2D eigenvalue weighted by molar-refractivity contribution is 5.23. The Morgan fingerprint density at radius 2 is 1.64 bits per heavy atom. The molecule has 7 heteroatoms. The van der Waals surface area contributed by atoms with Crippen LogP contribution >= 0.6 is 0 Å². The predicted octanol–water partition coefficient (Wildman–Crippen LogP) is 2.86. The molecule has 1 atom stereocenters. The first kappa shape index (κ1) is 19.5. The van der Waals surface area contributed by atoms with E-state index in [0.717, 1.165) is 38.0 Å². The first-order valence-electron chi connectivity index (χ1n) is 10.7. The molecular weight excluding hydrogens is 350 g/mol. The van der Waals surface area contributed by atoms with Crippen molar-refractivity contribution in [2.75, 3.05) is 26.2 Å². The van der Waals surface area contributed by atoms with Gasteiger partial charge in [0.2, 0.25) is 0 Å². The maximum absolute atomic E-state index is 4.47. The molecule has 0 unspecified atom stereocenters. The fourth-order valence-electron chi connectivity index (χ4n) is 4.72. The van der Waals surface area contributed by atoms with Gasteiger partial charge in [0.05, 0.1) is 11.6 Å². The van der Waals surface area contributed by atoms with Gasteiger partial charge in [0.1, 0.15) is 0 Å². The van der Waals surface area contributed by atoms with Crippen molar-refractivity contribution >= 4 is 0 Å². The Hall–Kier alpha value is -1.86. The third-order valence-corrected chi connectivity index (χ3v) is 6.20. The van der Waals surface area contributed by atoms with Crippen LogP contribution in [0, 0.1) is 0 Å². The number of hydrogen-bond acceptors (Lipinski definition) is 6. The van der Waals surface area contributed by atoms with Crippen LogP contribution in [0.1, 0.15) is 70.3 Å². The third kappa shape index (κ3) is 4.10. The van der Waals surface area contributed by atoms with E-state index in [4.69, 9.17) is 0 Å². The maximum Gasteiger partial charge on any atom is 0.173 e. The van der Waals surface area contributed by atoms with Crippen molar-refractivity contribution < 1.29 is 0 Å². The van der Waals surface area contributed by atoms with Gasteiger partial charge in [-0.1, -0.05) is 19.3 Å². The van der Waals surface area contributed by atoms with Crippen molar-refractivity contribution in [2.24, 2.45) is 0 Å². The molecule has 2 aromatic heterocycles. The van der Waals surface area contributed by atoms with Crippen LogP contribution in [0.4, 0.5) is 0 Å². The van der Waals surface area contributed by atoms with E-state index in [0.29, 0.717) is 0 Å². The van der Waals surface area contributed by atoms with Crippen molar-refractivity contribution in [3.05, 3.63) is 35.9 Å². The topological polar surface area (TPSA) is 63.0 Å². The molecule has 0 bridgehead atoms. The number of pyridine rings is 1. The summed E-state index contributed by atoms with van der Waals surface area (Å²) in [5, 5.41) is 12.8. The van der Waals surface area contributed by atoms with Crippen LogP contribution in [-0.4, -0.2) is 67.2 Å². The molecule has 0 N–H and O–H groups in total. The summed E-state index contributed by atoms with van der Waals surface area (Å²) in [6.45, 7) is 10.8. The molecule has 2 fully saturated rings. The van der Waals surface area contributed by atoms with Gasteiger partial charge in [0.25, 0.3) is 0 Å². The molecule has 4 rings (SSSR count). The second-order valence-electron chi connectivity index (χ2n) is 9.17. The van der Waals surface area contributed by atoms with Crippen molar-refractivity contribution in [3.8, 4) is 0 Å². The van der Waals surface area contributed by atoms with Gasteiger partial charge in [0, 0.05) is 44.6 Å². The minimum atomic E-state index is -0.159. The highest BCUT2D eigenvalue weighted by atomic mass is 15.6. The average molecular weight is 384 g/mol. The normalized spacial score (nSPS) is 21.7. The monoisotopic (exact) mass is 383 g/mol. The van der Waals surface area contributed by atoms with Crippen LogP contribution in [0.15, 0.2) is 24.5 Å². The zero-order valence-corrected chi connectivity index (χ0v) is 17.5. The van der Waals surface area contributed by atoms with Crippen molar-refractivity contribution in [1.29, 1.82) is 0 Å². The summed E-state index contributed by atoms with van der Waals surface area (Å²) in [5.41, 5.74) is 1.05. The number of rotatable bonds is 4. The van der Waals surface area contributed by atoms with E-state index >= 15 is 0 Å². The first-order valence-corrected chi connectivity index (χ1v) is 10.7. The molecule has 0 radical (unpaired) electrons. The Labute approximate surface area is 168 Å². The number of hydrogen-bond donors (Lipinski definition) is 0. The molecule has 2 aliphatic rings. The Balaban J connectivity index is 1.57. The lowest BCUT2D eigenvalue weighted by Gasteiger charge is -2.43. The summed E-state index contributed by atoms with van der Waals surface area (Å²) in [4.78, 5) is 9.47. The molecule has 1 aliphatic heterocycles. The summed E-state index contributed by atoms with van der Waals surface area (Å²) < 4.78 is 1.98. The SMILES string of the molecule is CC(C)(C)n1nnnc1[C@@H](c1ccncc1)N1CCN(C2CCCCC2)CC1. The smallest absolute Gasteiger partial charge is 0.173 e. The number of nitrogens with zero attached hydrogens (tertiary/aromatic N) is 7. The molecule has 3 heterocycles. The molecule has 28 heavy (non-hydrogen) atoms. The van der Waals surface area contributed by atoms with Gasteiger partial charge in [-0.05, 0) is 61.7 Å². The van der Waals surface area contributed by atoms with Gasteiger partial charge in [-0.2, -0.15) is 0 Å².